The molecule has 0 radical (unpaired) electrons. The van der Waals surface area contributed by atoms with Crippen molar-refractivity contribution in [2.75, 3.05) is 0 Å². The molecule has 2 aliphatic rings. The summed E-state index contributed by atoms with van der Waals surface area (Å²) >= 11 is 0. The van der Waals surface area contributed by atoms with E-state index in [1.165, 1.54) is 133 Å². The normalized spacial score (nSPS) is 13.1. The molecular formula is C86H78O2. The van der Waals surface area contributed by atoms with E-state index in [-0.39, 0.29) is 17.0 Å². The van der Waals surface area contributed by atoms with E-state index in [4.69, 9.17) is 0 Å². The van der Waals surface area contributed by atoms with Gasteiger partial charge in [-0.3, -0.25) is 9.59 Å². The number of carbonyl (C=O) groups is 2. The van der Waals surface area contributed by atoms with Crippen LogP contribution in [0.1, 0.15) is 169 Å². The third-order valence-corrected chi connectivity index (χ3v) is 19.4. The molecule has 2 nitrogen and oxygen atoms in total. The fourth-order valence-electron chi connectivity index (χ4n) is 14.9. The Bertz CT molecular complexity index is 4060. The third-order valence-electron chi connectivity index (χ3n) is 19.4. The van der Waals surface area contributed by atoms with E-state index in [2.05, 4.69) is 184 Å². The Balaban J connectivity index is 0.921. The molecule has 0 unspecified atom stereocenters. The number of fused-ring (bicyclic) bond motifs is 6. The minimum Gasteiger partial charge on any atom is -0.289 e. The van der Waals surface area contributed by atoms with E-state index >= 15 is 0 Å². The van der Waals surface area contributed by atoms with Crippen LogP contribution in [0, 0.1) is 0 Å². The van der Waals surface area contributed by atoms with Crippen molar-refractivity contribution in [2.45, 2.75) is 115 Å². The summed E-state index contributed by atoms with van der Waals surface area (Å²) in [4.78, 5) is 28.7. The van der Waals surface area contributed by atoms with Crippen LogP contribution >= 0.6 is 0 Å². The van der Waals surface area contributed by atoms with Crippen LogP contribution in [0.2, 0.25) is 0 Å². The van der Waals surface area contributed by atoms with Crippen molar-refractivity contribution in [1.82, 2.24) is 0 Å². The summed E-state index contributed by atoms with van der Waals surface area (Å²) in [5.74, 6) is 0.00341. The SMILES string of the molecule is CCCCCCCCC1(CCCCCCCC)c2ccccc2-c2cc3c(cc21)-c1ccccc1C3(c1ccc(-c2cccc(C(=O)c3cccc(-c4ccccc4)c3)c2)cc1)c1ccc(-c2cccc(C(=O)c3cccc(-c4ccccc4)c3)c2)cc1. The monoisotopic (exact) mass is 1140 g/mol. The van der Waals surface area contributed by atoms with Gasteiger partial charge in [-0.15, -0.1) is 0 Å². The molecule has 0 bridgehead atoms. The van der Waals surface area contributed by atoms with Gasteiger partial charge >= 0.3 is 0 Å². The van der Waals surface area contributed by atoms with Gasteiger partial charge in [0.25, 0.3) is 0 Å². The maximum Gasteiger partial charge on any atom is 0.193 e. The molecule has 11 aromatic carbocycles. The predicted molar refractivity (Wildman–Crippen MR) is 367 cm³/mol. The third kappa shape index (κ3) is 11.2. The number of unbranched alkanes of at least 4 members (excludes halogenated alkanes) is 10. The lowest BCUT2D eigenvalue weighted by Crippen LogP contribution is -2.29. The van der Waals surface area contributed by atoms with Gasteiger partial charge < -0.3 is 0 Å². The van der Waals surface area contributed by atoms with Crippen molar-refractivity contribution in [1.29, 1.82) is 0 Å². The highest BCUT2D eigenvalue weighted by atomic mass is 16.1. The van der Waals surface area contributed by atoms with Crippen molar-refractivity contribution >= 4 is 11.6 Å². The summed E-state index contributed by atoms with van der Waals surface area (Å²) in [5, 5.41) is 0. The summed E-state index contributed by atoms with van der Waals surface area (Å²) in [6.45, 7) is 4.63. The number of rotatable bonds is 24. The van der Waals surface area contributed by atoms with Gasteiger partial charge in [-0.25, -0.2) is 0 Å². The second kappa shape index (κ2) is 26.0. The molecule has 434 valence electrons. The van der Waals surface area contributed by atoms with Gasteiger partial charge in [0.1, 0.15) is 0 Å². The molecule has 0 atom stereocenters. The summed E-state index contributed by atoms with van der Waals surface area (Å²) in [6, 6.07) is 95.0. The number of hydrogen-bond acceptors (Lipinski definition) is 2. The van der Waals surface area contributed by atoms with Crippen molar-refractivity contribution < 1.29 is 9.59 Å². The van der Waals surface area contributed by atoms with Crippen LogP contribution < -0.4 is 0 Å². The second-order valence-electron chi connectivity index (χ2n) is 24.8. The Kier molecular flexibility index (Phi) is 17.1. The first kappa shape index (κ1) is 57.8. The number of hydrogen-bond donors (Lipinski definition) is 0. The first-order valence-corrected chi connectivity index (χ1v) is 32.6. The van der Waals surface area contributed by atoms with Gasteiger partial charge in [0, 0.05) is 27.7 Å². The van der Waals surface area contributed by atoms with E-state index in [1.54, 1.807) is 0 Å². The largest absolute Gasteiger partial charge is 0.289 e. The van der Waals surface area contributed by atoms with E-state index in [1.807, 2.05) is 97.1 Å². The Labute approximate surface area is 522 Å². The molecule has 88 heavy (non-hydrogen) atoms. The fraction of sp³-hybridized carbons (Fsp3) is 0.209. The van der Waals surface area contributed by atoms with Gasteiger partial charge in [0.05, 0.1) is 5.41 Å². The topological polar surface area (TPSA) is 34.1 Å². The Hall–Kier alpha value is -9.24. The predicted octanol–water partition coefficient (Wildman–Crippen LogP) is 22.9. The van der Waals surface area contributed by atoms with E-state index < -0.39 is 5.41 Å². The van der Waals surface area contributed by atoms with E-state index in [0.717, 1.165) is 57.3 Å². The quantitative estimate of drug-likeness (QED) is 0.0446. The average Bonchev–Trinajstić information content (AvgIpc) is 1.53. The molecule has 0 saturated carbocycles. The van der Waals surface area contributed by atoms with E-state index in [9.17, 15) is 9.59 Å². The highest BCUT2D eigenvalue weighted by molar-refractivity contribution is 6.11. The number of benzene rings is 11. The van der Waals surface area contributed by atoms with Crippen molar-refractivity contribution in [2.24, 2.45) is 0 Å². The summed E-state index contributed by atoms with van der Waals surface area (Å²) in [7, 11) is 0. The lowest BCUT2D eigenvalue weighted by atomic mass is 9.66. The molecular weight excluding hydrogens is 1060 g/mol. The van der Waals surface area contributed by atoms with Crippen LogP contribution in [0.5, 0.6) is 0 Å². The maximum atomic E-state index is 14.3. The minimum atomic E-state index is -0.695. The summed E-state index contributed by atoms with van der Waals surface area (Å²) < 4.78 is 0. The zero-order chi connectivity index (χ0) is 59.9. The number of carbonyl (C=O) groups excluding carboxylic acids is 2. The fourth-order valence-corrected chi connectivity index (χ4v) is 14.9. The molecule has 0 aliphatic heterocycles. The molecule has 0 N–H and O–H groups in total. The van der Waals surface area contributed by atoms with Gasteiger partial charge in [-0.1, -0.05) is 321 Å². The van der Waals surface area contributed by atoms with Crippen LogP contribution in [0.4, 0.5) is 0 Å². The Morgan fingerprint density at radius 3 is 1.02 bits per heavy atom. The van der Waals surface area contributed by atoms with Crippen LogP contribution in [0.3, 0.4) is 0 Å². The molecule has 0 heterocycles. The highest BCUT2D eigenvalue weighted by Gasteiger charge is 2.50. The Morgan fingerprint density at radius 1 is 0.261 bits per heavy atom. The molecule has 13 rings (SSSR count). The van der Waals surface area contributed by atoms with Crippen molar-refractivity contribution in [3.05, 3.63) is 323 Å². The van der Waals surface area contributed by atoms with Crippen LogP contribution in [-0.4, -0.2) is 11.6 Å². The Morgan fingerprint density at radius 2 is 0.591 bits per heavy atom. The lowest BCUT2D eigenvalue weighted by molar-refractivity contribution is 0.103. The standard InChI is InChI=1S/C86H78O2/c1-3-5-7-9-11-23-53-85(54-24-12-10-8-6-4-2)79-43-21-19-41-75(79)77-60-82-78(59-81(77)85)76-42-20-22-44-80(76)86(82,73-49-45-63(46-50-73)67-35-27-39-71(57-67)83(87)69-37-25-33-65(55-69)61-29-15-13-16-30-61)74-51-47-64(48-52-74)68-36-28-40-72(58-68)84(88)70-38-26-34-66(56-70)62-31-17-14-18-32-62/h13-22,25-52,55-60H,3-12,23-24,53-54H2,1-2H3. The summed E-state index contributed by atoms with van der Waals surface area (Å²) in [6.07, 6.45) is 17.7. The van der Waals surface area contributed by atoms with Gasteiger partial charge in [-0.05, 0) is 149 Å². The maximum absolute atomic E-state index is 14.3. The zero-order valence-corrected chi connectivity index (χ0v) is 51.1. The molecule has 0 spiro atoms. The molecule has 0 fully saturated rings. The second-order valence-corrected chi connectivity index (χ2v) is 24.8. The average molecular weight is 1140 g/mol. The van der Waals surface area contributed by atoms with Gasteiger partial charge in [0.15, 0.2) is 11.6 Å². The lowest BCUT2D eigenvalue weighted by Gasteiger charge is -2.35. The highest BCUT2D eigenvalue weighted by Crippen LogP contribution is 2.62. The van der Waals surface area contributed by atoms with E-state index in [0.29, 0.717) is 22.3 Å². The van der Waals surface area contributed by atoms with Crippen molar-refractivity contribution in [3.8, 4) is 66.8 Å². The van der Waals surface area contributed by atoms with Crippen LogP contribution in [0.15, 0.2) is 267 Å². The molecule has 0 amide bonds. The molecule has 0 saturated heterocycles. The first-order chi connectivity index (χ1) is 43.4. The number of ketones is 2. The smallest absolute Gasteiger partial charge is 0.193 e. The molecule has 11 aromatic rings. The molecule has 2 heteroatoms. The van der Waals surface area contributed by atoms with Crippen LogP contribution in [0.25, 0.3) is 66.8 Å². The zero-order valence-electron chi connectivity index (χ0n) is 51.1. The molecule has 2 aliphatic carbocycles. The van der Waals surface area contributed by atoms with Crippen molar-refractivity contribution in [3.63, 3.8) is 0 Å². The summed E-state index contributed by atoms with van der Waals surface area (Å²) in [5.41, 5.74) is 23.5. The van der Waals surface area contributed by atoms with Gasteiger partial charge in [0.2, 0.25) is 0 Å². The first-order valence-electron chi connectivity index (χ1n) is 32.6. The van der Waals surface area contributed by atoms with Gasteiger partial charge in [-0.2, -0.15) is 0 Å². The minimum absolute atomic E-state index is 0.00170. The molecule has 0 aromatic heterocycles. The van der Waals surface area contributed by atoms with Crippen LogP contribution in [-0.2, 0) is 10.8 Å².